The Morgan fingerprint density at radius 2 is 0.729 bits per heavy atom. The lowest BCUT2D eigenvalue weighted by atomic mass is 10.1. The summed E-state index contributed by atoms with van der Waals surface area (Å²) in [6.07, 6.45) is 0. The van der Waals surface area contributed by atoms with Gasteiger partial charge in [-0.05, 0) is 72.8 Å². The van der Waals surface area contributed by atoms with Gasteiger partial charge in [-0.1, -0.05) is 0 Å². The standard InChI is InChI=1S/C44H54N4O10S/c49-41-25-35(31-47-13-21-55-22-14-47)43(27-33(41)29-45-9-17-53-18-10-45)57-37-1-5-39(6-2-37)59(51,52)40-7-3-38(4-8-40)58-44-28-34(30-46-11-19-54-20-12-46)42(50)26-36(44)32-48-15-23-56-24-16-48/h1-8,25-28,49-50H,9-24,29-32H2. The summed E-state index contributed by atoms with van der Waals surface area (Å²) in [6, 6.07) is 20.2. The van der Waals surface area contributed by atoms with E-state index >= 15 is 0 Å². The van der Waals surface area contributed by atoms with Crippen LogP contribution in [0.25, 0.3) is 0 Å². The normalized spacial score (nSPS) is 19.1. The highest BCUT2D eigenvalue weighted by Gasteiger charge is 2.23. The minimum atomic E-state index is -3.88. The number of phenolic OH excluding ortho intramolecular Hbond substituents is 2. The van der Waals surface area contributed by atoms with Crippen molar-refractivity contribution in [3.05, 3.63) is 95.1 Å². The first-order valence-corrected chi connectivity index (χ1v) is 22.0. The lowest BCUT2D eigenvalue weighted by Gasteiger charge is -2.29. The summed E-state index contributed by atoms with van der Waals surface area (Å²) in [5.41, 5.74) is 3.18. The molecule has 2 N–H and O–H groups in total. The molecule has 4 aromatic carbocycles. The quantitative estimate of drug-likeness (QED) is 0.179. The van der Waals surface area contributed by atoms with Gasteiger partial charge in [-0.25, -0.2) is 8.42 Å². The summed E-state index contributed by atoms with van der Waals surface area (Å²) in [5, 5.41) is 22.1. The fraction of sp³-hybridized carbons (Fsp3) is 0.455. The van der Waals surface area contributed by atoms with Crippen LogP contribution in [0.3, 0.4) is 0 Å². The Balaban J connectivity index is 0.982. The number of rotatable bonds is 14. The molecular formula is C44H54N4O10S. The van der Waals surface area contributed by atoms with Crippen molar-refractivity contribution in [3.63, 3.8) is 0 Å². The highest BCUT2D eigenvalue weighted by Crippen LogP contribution is 2.36. The Morgan fingerprint density at radius 1 is 0.441 bits per heavy atom. The van der Waals surface area contributed by atoms with Gasteiger partial charge in [-0.15, -0.1) is 0 Å². The van der Waals surface area contributed by atoms with E-state index in [0.29, 0.717) is 102 Å². The number of phenols is 2. The highest BCUT2D eigenvalue weighted by atomic mass is 32.2. The van der Waals surface area contributed by atoms with Crippen LogP contribution in [-0.2, 0) is 55.0 Å². The lowest BCUT2D eigenvalue weighted by Crippen LogP contribution is -2.36. The van der Waals surface area contributed by atoms with Crippen LogP contribution in [0.5, 0.6) is 34.5 Å². The molecule has 4 aromatic rings. The Hall–Kier alpha value is -4.29. The zero-order valence-corrected chi connectivity index (χ0v) is 34.2. The molecule has 4 heterocycles. The van der Waals surface area contributed by atoms with Gasteiger partial charge in [0, 0.05) is 101 Å². The molecule has 0 bridgehead atoms. The molecule has 0 atom stereocenters. The van der Waals surface area contributed by atoms with Crippen molar-refractivity contribution in [2.75, 3.05) is 105 Å². The average Bonchev–Trinajstić information content (AvgIpc) is 3.26. The molecule has 0 radical (unpaired) electrons. The fourth-order valence-corrected chi connectivity index (χ4v) is 9.02. The van der Waals surface area contributed by atoms with Crippen LogP contribution in [0.15, 0.2) is 82.6 Å². The second-order valence-electron chi connectivity index (χ2n) is 15.4. The first kappa shape index (κ1) is 41.4. The maximum absolute atomic E-state index is 13.9. The number of benzene rings is 4. The Kier molecular flexibility index (Phi) is 13.6. The zero-order chi connectivity index (χ0) is 40.6. The van der Waals surface area contributed by atoms with Crippen LogP contribution in [0.2, 0.25) is 0 Å². The highest BCUT2D eigenvalue weighted by molar-refractivity contribution is 7.91. The smallest absolute Gasteiger partial charge is 0.206 e. The largest absolute Gasteiger partial charge is 0.508 e. The molecule has 0 saturated carbocycles. The molecule has 0 amide bonds. The molecule has 14 nitrogen and oxygen atoms in total. The summed E-state index contributed by atoms with van der Waals surface area (Å²) < 4.78 is 62.7. The molecule has 316 valence electrons. The fourth-order valence-electron chi connectivity index (χ4n) is 7.76. The van der Waals surface area contributed by atoms with Crippen molar-refractivity contribution in [1.82, 2.24) is 19.6 Å². The van der Waals surface area contributed by atoms with Crippen LogP contribution < -0.4 is 9.47 Å². The lowest BCUT2D eigenvalue weighted by molar-refractivity contribution is 0.0332. The van der Waals surface area contributed by atoms with E-state index in [9.17, 15) is 18.6 Å². The molecule has 0 aliphatic carbocycles. The topological polar surface area (TPSA) is 143 Å². The van der Waals surface area contributed by atoms with Crippen LogP contribution in [0.4, 0.5) is 0 Å². The van der Waals surface area contributed by atoms with Gasteiger partial charge in [0.1, 0.15) is 34.5 Å². The van der Waals surface area contributed by atoms with Crippen LogP contribution in [-0.4, -0.2) is 143 Å². The SMILES string of the molecule is O=S(=O)(c1ccc(Oc2cc(CN3CCOCC3)c(O)cc2CN2CCOCC2)cc1)c1ccc(Oc2cc(CN3CCOCC3)c(O)cc2CN2CCOCC2)cc1. The minimum absolute atomic E-state index is 0.129. The Bertz CT molecular complexity index is 1970. The number of aromatic hydroxyl groups is 2. The van der Waals surface area contributed by atoms with Crippen molar-refractivity contribution in [2.24, 2.45) is 0 Å². The number of ether oxygens (including phenoxy) is 6. The minimum Gasteiger partial charge on any atom is -0.508 e. The van der Waals surface area contributed by atoms with Gasteiger partial charge in [0.15, 0.2) is 0 Å². The molecule has 0 spiro atoms. The van der Waals surface area contributed by atoms with Gasteiger partial charge in [0.2, 0.25) is 9.84 Å². The molecule has 59 heavy (non-hydrogen) atoms. The van der Waals surface area contributed by atoms with Gasteiger partial charge >= 0.3 is 0 Å². The van der Waals surface area contributed by atoms with Gasteiger partial charge in [0.25, 0.3) is 0 Å². The summed E-state index contributed by atoms with van der Waals surface area (Å²) in [6.45, 7) is 13.7. The predicted molar refractivity (Wildman–Crippen MR) is 219 cm³/mol. The molecular weight excluding hydrogens is 777 g/mol. The van der Waals surface area contributed by atoms with Gasteiger partial charge in [-0.3, -0.25) is 19.6 Å². The summed E-state index contributed by atoms with van der Waals surface area (Å²) in [7, 11) is -3.88. The van der Waals surface area contributed by atoms with Crippen molar-refractivity contribution in [2.45, 2.75) is 36.0 Å². The van der Waals surface area contributed by atoms with Crippen LogP contribution in [0.1, 0.15) is 22.3 Å². The third kappa shape index (κ3) is 10.7. The van der Waals surface area contributed by atoms with Gasteiger partial charge in [0.05, 0.1) is 62.6 Å². The second kappa shape index (κ2) is 19.4. The van der Waals surface area contributed by atoms with Gasteiger partial charge in [-0.2, -0.15) is 0 Å². The van der Waals surface area contributed by atoms with Crippen molar-refractivity contribution in [1.29, 1.82) is 0 Å². The zero-order valence-electron chi connectivity index (χ0n) is 33.4. The maximum atomic E-state index is 13.9. The van der Waals surface area contributed by atoms with E-state index in [1.165, 1.54) is 0 Å². The van der Waals surface area contributed by atoms with Gasteiger partial charge < -0.3 is 38.6 Å². The molecule has 0 aromatic heterocycles. The Morgan fingerprint density at radius 3 is 1.03 bits per heavy atom. The summed E-state index contributed by atoms with van der Waals surface area (Å²) in [4.78, 5) is 9.26. The van der Waals surface area contributed by atoms with Crippen molar-refractivity contribution < 1.29 is 47.1 Å². The first-order chi connectivity index (χ1) is 28.8. The number of hydrogen-bond donors (Lipinski definition) is 2. The van der Waals surface area contributed by atoms with Crippen molar-refractivity contribution in [3.8, 4) is 34.5 Å². The third-order valence-electron chi connectivity index (χ3n) is 11.2. The first-order valence-electron chi connectivity index (χ1n) is 20.5. The van der Waals surface area contributed by atoms with Crippen molar-refractivity contribution >= 4 is 9.84 Å². The van der Waals surface area contributed by atoms with E-state index < -0.39 is 9.84 Å². The number of nitrogens with zero attached hydrogens (tertiary/aromatic N) is 4. The number of hydrogen-bond acceptors (Lipinski definition) is 14. The van der Waals surface area contributed by atoms with E-state index in [4.69, 9.17) is 28.4 Å². The number of morpholine rings is 4. The molecule has 0 unspecified atom stereocenters. The summed E-state index contributed by atoms with van der Waals surface area (Å²) >= 11 is 0. The predicted octanol–water partition coefficient (Wildman–Crippen LogP) is 4.84. The number of sulfone groups is 1. The molecule has 15 heteroatoms. The monoisotopic (exact) mass is 830 g/mol. The third-order valence-corrected chi connectivity index (χ3v) is 13.0. The van der Waals surface area contributed by atoms with E-state index in [-0.39, 0.29) is 21.3 Å². The van der Waals surface area contributed by atoms with Crippen LogP contribution in [0, 0.1) is 0 Å². The van der Waals surface area contributed by atoms with E-state index in [0.717, 1.165) is 74.6 Å². The van der Waals surface area contributed by atoms with E-state index in [1.807, 2.05) is 12.1 Å². The Labute approximate surface area is 346 Å². The summed E-state index contributed by atoms with van der Waals surface area (Å²) in [5.74, 6) is 2.62. The molecule has 4 aliphatic rings. The molecule has 4 fully saturated rings. The molecule has 4 saturated heterocycles. The van der Waals surface area contributed by atoms with E-state index in [2.05, 4.69) is 19.6 Å². The maximum Gasteiger partial charge on any atom is 0.206 e. The molecule has 4 aliphatic heterocycles. The van der Waals surface area contributed by atoms with Crippen LogP contribution >= 0.6 is 0 Å². The molecule has 8 rings (SSSR count). The van der Waals surface area contributed by atoms with E-state index in [1.54, 1.807) is 60.7 Å². The second-order valence-corrected chi connectivity index (χ2v) is 17.3. The average molecular weight is 831 g/mol.